The van der Waals surface area contributed by atoms with E-state index >= 15 is 0 Å². The fourth-order valence-corrected chi connectivity index (χ4v) is 4.53. The maximum atomic E-state index is 12.4. The molecule has 0 unspecified atom stereocenters. The molecule has 0 spiro atoms. The van der Waals surface area contributed by atoms with Crippen LogP contribution in [0.4, 0.5) is 0 Å². The molecule has 1 heterocycles. The molecule has 5 nitrogen and oxygen atoms in total. The molecule has 0 saturated carbocycles. The number of piperidine rings is 1. The summed E-state index contributed by atoms with van der Waals surface area (Å²) in [5.74, 6) is 0.903. The number of hydrogen-bond donors (Lipinski definition) is 1. The zero-order chi connectivity index (χ0) is 17.1. The van der Waals surface area contributed by atoms with E-state index in [0.29, 0.717) is 11.5 Å². The summed E-state index contributed by atoms with van der Waals surface area (Å²) >= 11 is 0. The van der Waals surface area contributed by atoms with Gasteiger partial charge in [0.05, 0.1) is 14.2 Å². The van der Waals surface area contributed by atoms with E-state index in [2.05, 4.69) is 11.9 Å². The van der Waals surface area contributed by atoms with E-state index in [1.165, 1.54) is 7.11 Å². The van der Waals surface area contributed by atoms with E-state index in [9.17, 15) is 9.90 Å². The number of benzene rings is 1. The fourth-order valence-electron chi connectivity index (χ4n) is 4.53. The second-order valence-corrected chi connectivity index (χ2v) is 6.75. The van der Waals surface area contributed by atoms with Gasteiger partial charge in [0.15, 0.2) is 17.3 Å². The van der Waals surface area contributed by atoms with Gasteiger partial charge in [-0.2, -0.15) is 0 Å². The molecule has 24 heavy (non-hydrogen) atoms. The number of aromatic hydroxyl groups is 1. The minimum atomic E-state index is -0.450. The molecule has 126 valence electrons. The summed E-state index contributed by atoms with van der Waals surface area (Å²) in [6.45, 7) is 0.905. The van der Waals surface area contributed by atoms with Crippen molar-refractivity contribution < 1.29 is 19.4 Å². The maximum absolute atomic E-state index is 12.4. The van der Waals surface area contributed by atoms with Crippen LogP contribution in [-0.4, -0.2) is 49.6 Å². The summed E-state index contributed by atoms with van der Waals surface area (Å²) in [5, 5.41) is 10.3. The van der Waals surface area contributed by atoms with E-state index in [1.54, 1.807) is 19.3 Å². The molecule has 0 radical (unpaired) electrons. The summed E-state index contributed by atoms with van der Waals surface area (Å²) in [6.07, 6.45) is 5.29. The predicted molar refractivity (Wildman–Crippen MR) is 89.3 cm³/mol. The molecular formula is C19H21NO4. The fraction of sp³-hybridized carbons (Fsp3) is 0.421. The Morgan fingerprint density at radius 2 is 2.08 bits per heavy atom. The number of carbonyl (C=O) groups excluding carboxylic acids is 1. The summed E-state index contributed by atoms with van der Waals surface area (Å²) < 4.78 is 10.9. The Balaban J connectivity index is 2.05. The number of fused-ring (bicyclic) bond motifs is 1. The number of carbonyl (C=O) groups is 1. The van der Waals surface area contributed by atoms with Crippen LogP contribution in [0.1, 0.15) is 17.5 Å². The minimum Gasteiger partial charge on any atom is -0.504 e. The molecule has 1 saturated heterocycles. The Hall–Kier alpha value is -2.27. The van der Waals surface area contributed by atoms with Gasteiger partial charge in [-0.25, -0.2) is 0 Å². The highest BCUT2D eigenvalue weighted by Gasteiger charge is 2.52. The first-order valence-corrected chi connectivity index (χ1v) is 8.14. The molecule has 0 aromatic heterocycles. The van der Waals surface area contributed by atoms with E-state index in [4.69, 9.17) is 9.47 Å². The molecule has 1 fully saturated rings. The molecule has 2 atom stereocenters. The van der Waals surface area contributed by atoms with Gasteiger partial charge in [-0.3, -0.25) is 9.69 Å². The molecule has 2 bridgehead atoms. The number of ketones is 1. The van der Waals surface area contributed by atoms with Crippen molar-refractivity contribution in [1.82, 2.24) is 4.90 Å². The number of phenols is 1. The van der Waals surface area contributed by atoms with Crippen LogP contribution in [0.25, 0.3) is 0 Å². The first-order chi connectivity index (χ1) is 11.5. The van der Waals surface area contributed by atoms with Crippen LogP contribution < -0.4 is 4.74 Å². The van der Waals surface area contributed by atoms with Gasteiger partial charge in [-0.1, -0.05) is 6.07 Å². The average molecular weight is 327 g/mol. The number of likely N-dealkylation sites (N-methyl/N-ethyl adjacent to an activating group) is 1. The largest absolute Gasteiger partial charge is 0.504 e. The van der Waals surface area contributed by atoms with Crippen LogP contribution in [0, 0.1) is 0 Å². The lowest BCUT2D eigenvalue weighted by Gasteiger charge is -2.52. The van der Waals surface area contributed by atoms with Gasteiger partial charge in [0.2, 0.25) is 5.78 Å². The maximum Gasteiger partial charge on any atom is 0.220 e. The topological polar surface area (TPSA) is 59.0 Å². The monoisotopic (exact) mass is 327 g/mol. The first-order valence-electron chi connectivity index (χ1n) is 8.14. The Kier molecular flexibility index (Phi) is 3.25. The molecule has 5 heteroatoms. The van der Waals surface area contributed by atoms with Crippen LogP contribution in [0.5, 0.6) is 11.5 Å². The average Bonchev–Trinajstić information content (AvgIpc) is 2.58. The second-order valence-electron chi connectivity index (χ2n) is 6.75. The van der Waals surface area contributed by atoms with Gasteiger partial charge in [-0.05, 0) is 55.8 Å². The Bertz CT molecular complexity index is 795. The molecular weight excluding hydrogens is 306 g/mol. The Morgan fingerprint density at radius 3 is 2.79 bits per heavy atom. The normalized spacial score (nSPS) is 28.5. The van der Waals surface area contributed by atoms with Gasteiger partial charge in [0.25, 0.3) is 0 Å². The van der Waals surface area contributed by atoms with E-state index < -0.39 is 5.41 Å². The molecule has 2 aliphatic carbocycles. The highest BCUT2D eigenvalue weighted by molar-refractivity contribution is 6.05. The number of allylic oxidation sites excluding steroid dienone is 2. The van der Waals surface area contributed by atoms with Crippen LogP contribution in [0.3, 0.4) is 0 Å². The number of likely N-dealkylation sites (tertiary alicyclic amines) is 1. The molecule has 4 rings (SSSR count). The van der Waals surface area contributed by atoms with Crippen LogP contribution >= 0.6 is 0 Å². The number of ether oxygens (including phenoxy) is 2. The van der Waals surface area contributed by atoms with Crippen molar-refractivity contribution in [3.63, 3.8) is 0 Å². The number of rotatable bonds is 2. The summed E-state index contributed by atoms with van der Waals surface area (Å²) in [5.41, 5.74) is 2.76. The molecule has 3 aliphatic rings. The van der Waals surface area contributed by atoms with E-state index in [1.807, 2.05) is 12.1 Å². The Morgan fingerprint density at radius 1 is 1.29 bits per heavy atom. The third kappa shape index (κ3) is 1.82. The van der Waals surface area contributed by atoms with Crippen molar-refractivity contribution in [1.29, 1.82) is 0 Å². The molecule has 1 aromatic rings. The van der Waals surface area contributed by atoms with Crippen molar-refractivity contribution in [2.24, 2.45) is 0 Å². The van der Waals surface area contributed by atoms with Crippen LogP contribution in [-0.2, 0) is 21.4 Å². The van der Waals surface area contributed by atoms with Crippen molar-refractivity contribution >= 4 is 5.78 Å². The van der Waals surface area contributed by atoms with Crippen LogP contribution in [0.2, 0.25) is 0 Å². The molecule has 0 amide bonds. The molecule has 1 aliphatic heterocycles. The quantitative estimate of drug-likeness (QED) is 0.899. The number of methoxy groups -OCH3 is 2. The zero-order valence-electron chi connectivity index (χ0n) is 14.1. The summed E-state index contributed by atoms with van der Waals surface area (Å²) in [4.78, 5) is 14.7. The summed E-state index contributed by atoms with van der Waals surface area (Å²) in [6, 6.07) is 3.83. The second kappa shape index (κ2) is 5.11. The Labute approximate surface area is 141 Å². The van der Waals surface area contributed by atoms with Gasteiger partial charge in [0.1, 0.15) is 0 Å². The number of hydrogen-bond acceptors (Lipinski definition) is 5. The highest BCUT2D eigenvalue weighted by atomic mass is 16.5. The lowest BCUT2D eigenvalue weighted by molar-refractivity contribution is -0.114. The third-order valence-electron chi connectivity index (χ3n) is 5.68. The van der Waals surface area contributed by atoms with Crippen LogP contribution in [0.15, 0.2) is 35.6 Å². The minimum absolute atomic E-state index is 0.0917. The zero-order valence-corrected chi connectivity index (χ0v) is 14.1. The van der Waals surface area contributed by atoms with Gasteiger partial charge < -0.3 is 14.6 Å². The predicted octanol–water partition coefficient (Wildman–Crippen LogP) is 1.94. The lowest BCUT2D eigenvalue weighted by atomic mass is 9.58. The van der Waals surface area contributed by atoms with Gasteiger partial charge in [-0.15, -0.1) is 0 Å². The third-order valence-corrected chi connectivity index (χ3v) is 5.68. The highest BCUT2D eigenvalue weighted by Crippen LogP contribution is 2.55. The van der Waals surface area contributed by atoms with Gasteiger partial charge in [0, 0.05) is 17.0 Å². The molecule has 1 aromatic carbocycles. The standard InChI is InChI=1S/C19H21NO4/c1-20-7-6-19-10-16(23-2)15(22)9-12(19)13(20)8-11-4-5-14(21)18(24-3)17(11)19/h4-5,9-10,13,21H,6-8H2,1-3H3/t13-,19+/m1/s1. The first kappa shape index (κ1) is 15.3. The van der Waals surface area contributed by atoms with Crippen molar-refractivity contribution in [3.8, 4) is 11.5 Å². The number of nitrogens with zero attached hydrogens (tertiary/aromatic N) is 1. The number of phenolic OH excluding ortho intramolecular Hbond substituents is 1. The van der Waals surface area contributed by atoms with Crippen molar-refractivity contribution in [3.05, 3.63) is 46.7 Å². The smallest absolute Gasteiger partial charge is 0.220 e. The SMILES string of the molecule is COC1=C[C@]23CCN(C)[C@H](Cc4ccc(O)c(OC)c42)C3=CC1=O. The molecule has 1 N–H and O–H groups in total. The summed E-state index contributed by atoms with van der Waals surface area (Å²) in [7, 11) is 5.19. The van der Waals surface area contributed by atoms with Crippen molar-refractivity contribution in [2.45, 2.75) is 24.3 Å². The van der Waals surface area contributed by atoms with Crippen molar-refractivity contribution in [2.75, 3.05) is 27.8 Å². The van der Waals surface area contributed by atoms with E-state index in [-0.39, 0.29) is 17.6 Å². The van der Waals surface area contributed by atoms with Gasteiger partial charge >= 0.3 is 0 Å². The lowest BCUT2D eigenvalue weighted by Crippen LogP contribution is -2.54. The van der Waals surface area contributed by atoms with E-state index in [0.717, 1.165) is 36.1 Å².